The molecule has 1 amide bonds. The van der Waals surface area contributed by atoms with Gasteiger partial charge in [-0.05, 0) is 34.1 Å². The van der Waals surface area contributed by atoms with Gasteiger partial charge in [0.15, 0.2) is 0 Å². The zero-order valence-corrected chi connectivity index (χ0v) is 10.6. The van der Waals surface area contributed by atoms with E-state index >= 15 is 0 Å². The number of nitrogens with zero attached hydrogens (tertiary/aromatic N) is 1. The van der Waals surface area contributed by atoms with E-state index in [4.69, 9.17) is 5.73 Å². The lowest BCUT2D eigenvalue weighted by Gasteiger charge is -2.37. The number of anilines is 1. The number of rotatable bonds is 3. The van der Waals surface area contributed by atoms with Crippen LogP contribution in [-0.4, -0.2) is 32.1 Å². The van der Waals surface area contributed by atoms with Gasteiger partial charge in [0.25, 0.3) is 0 Å². The highest BCUT2D eigenvalue weighted by Gasteiger charge is 2.22. The van der Waals surface area contributed by atoms with E-state index in [0.717, 1.165) is 23.2 Å². The van der Waals surface area contributed by atoms with Gasteiger partial charge in [0.1, 0.15) is 0 Å². The van der Waals surface area contributed by atoms with E-state index in [1.807, 2.05) is 12.1 Å². The average Bonchev–Trinajstić information content (AvgIpc) is 2.14. The van der Waals surface area contributed by atoms with Crippen LogP contribution in [-0.2, 0) is 0 Å². The molecule has 0 bridgehead atoms. The highest BCUT2D eigenvalue weighted by Crippen LogP contribution is 2.25. The first-order chi connectivity index (χ1) is 7.59. The summed E-state index contributed by atoms with van der Waals surface area (Å²) in [6, 6.07) is 6.14. The Bertz CT molecular complexity index is 418. The van der Waals surface area contributed by atoms with Gasteiger partial charge < -0.3 is 16.0 Å². The van der Waals surface area contributed by atoms with Crippen LogP contribution in [0.15, 0.2) is 22.7 Å². The van der Waals surface area contributed by atoms with E-state index in [0.29, 0.717) is 11.6 Å². The number of amides is 1. The molecule has 0 aromatic heterocycles. The monoisotopic (exact) mass is 283 g/mol. The molecule has 1 aromatic rings. The molecule has 86 valence electrons. The van der Waals surface area contributed by atoms with Crippen molar-refractivity contribution in [1.29, 1.82) is 0 Å². The van der Waals surface area contributed by atoms with Gasteiger partial charge in [-0.15, -0.1) is 0 Å². The second-order valence-electron chi connectivity index (χ2n) is 3.95. The van der Waals surface area contributed by atoms with Gasteiger partial charge >= 0.3 is 0 Å². The molecule has 0 saturated carbocycles. The minimum absolute atomic E-state index is 0.411. The average molecular weight is 284 g/mol. The van der Waals surface area contributed by atoms with Crippen LogP contribution in [0.3, 0.4) is 0 Å². The summed E-state index contributed by atoms with van der Waals surface area (Å²) in [5.74, 6) is -0.411. The Morgan fingerprint density at radius 1 is 1.56 bits per heavy atom. The van der Waals surface area contributed by atoms with E-state index < -0.39 is 5.91 Å². The second kappa shape index (κ2) is 4.43. The van der Waals surface area contributed by atoms with Gasteiger partial charge in [-0.3, -0.25) is 4.79 Å². The van der Waals surface area contributed by atoms with Crippen LogP contribution in [0.25, 0.3) is 0 Å². The van der Waals surface area contributed by atoms with Crippen molar-refractivity contribution in [3.63, 3.8) is 0 Å². The molecule has 1 heterocycles. The first-order valence-corrected chi connectivity index (χ1v) is 5.92. The lowest BCUT2D eigenvalue weighted by Crippen LogP contribution is -2.56. The summed E-state index contributed by atoms with van der Waals surface area (Å²) >= 11 is 3.36. The molecule has 1 saturated heterocycles. The largest absolute Gasteiger partial charge is 0.369 e. The van der Waals surface area contributed by atoms with Crippen molar-refractivity contribution >= 4 is 27.5 Å². The fourth-order valence-corrected chi connectivity index (χ4v) is 2.24. The number of halogens is 1. The summed E-state index contributed by atoms with van der Waals surface area (Å²) < 4.78 is 0.747. The maximum absolute atomic E-state index is 11.1. The number of hydrogen-bond acceptors (Lipinski definition) is 3. The molecule has 4 nitrogen and oxygen atoms in total. The Labute approximate surface area is 103 Å². The van der Waals surface area contributed by atoms with Crippen LogP contribution < -0.4 is 16.0 Å². The maximum atomic E-state index is 11.1. The Morgan fingerprint density at radius 3 is 2.69 bits per heavy atom. The Kier molecular flexibility index (Phi) is 3.16. The summed E-state index contributed by atoms with van der Waals surface area (Å²) in [7, 11) is 2.05. The molecule has 0 radical (unpaired) electrons. The fourth-order valence-electron chi connectivity index (χ4n) is 1.68. The molecule has 1 aromatic carbocycles. The highest BCUT2D eigenvalue weighted by molar-refractivity contribution is 9.10. The summed E-state index contributed by atoms with van der Waals surface area (Å²) in [6.07, 6.45) is 0. The van der Waals surface area contributed by atoms with E-state index in [1.165, 1.54) is 0 Å². The lowest BCUT2D eigenvalue weighted by atomic mass is 10.1. The first-order valence-electron chi connectivity index (χ1n) is 5.12. The predicted molar refractivity (Wildman–Crippen MR) is 67.7 cm³/mol. The number of hydrogen-bond donors (Lipinski definition) is 2. The number of likely N-dealkylation sites (N-methyl/N-ethyl adjacent to an activating group) is 1. The van der Waals surface area contributed by atoms with Crippen LogP contribution in [0.2, 0.25) is 0 Å². The van der Waals surface area contributed by atoms with Gasteiger partial charge in [0.2, 0.25) is 5.91 Å². The quantitative estimate of drug-likeness (QED) is 0.869. The Hall–Kier alpha value is -1.07. The van der Waals surface area contributed by atoms with Crippen LogP contribution in [0.4, 0.5) is 5.69 Å². The van der Waals surface area contributed by atoms with Gasteiger partial charge in [0, 0.05) is 30.3 Å². The summed E-state index contributed by atoms with van der Waals surface area (Å²) in [5, 5.41) is 3.23. The maximum Gasteiger partial charge on any atom is 0.249 e. The lowest BCUT2D eigenvalue weighted by molar-refractivity contribution is 0.0999. The standard InChI is InChI=1S/C11H14BrN3O/c1-15(8-5-14-6-8)7-2-3-9(11(13)16)10(12)4-7/h2-4,8,14H,5-6H2,1H3,(H2,13,16). The zero-order chi connectivity index (χ0) is 11.7. The number of primary amides is 1. The minimum atomic E-state index is -0.411. The van der Waals surface area contributed by atoms with Crippen molar-refractivity contribution in [2.45, 2.75) is 6.04 Å². The van der Waals surface area contributed by atoms with E-state index in [2.05, 4.69) is 33.2 Å². The summed E-state index contributed by atoms with van der Waals surface area (Å²) in [6.45, 7) is 2.01. The number of nitrogens with one attached hydrogen (secondary N) is 1. The Morgan fingerprint density at radius 2 is 2.25 bits per heavy atom. The number of benzene rings is 1. The second-order valence-corrected chi connectivity index (χ2v) is 4.81. The van der Waals surface area contributed by atoms with Crippen molar-refractivity contribution in [1.82, 2.24) is 5.32 Å². The molecular weight excluding hydrogens is 270 g/mol. The predicted octanol–water partition coefficient (Wildman–Crippen LogP) is 0.956. The third kappa shape index (κ3) is 2.05. The highest BCUT2D eigenvalue weighted by atomic mass is 79.9. The first kappa shape index (κ1) is 11.4. The molecule has 1 aliphatic heterocycles. The molecule has 16 heavy (non-hydrogen) atoms. The van der Waals surface area contributed by atoms with Crippen molar-refractivity contribution in [2.24, 2.45) is 5.73 Å². The van der Waals surface area contributed by atoms with E-state index in [1.54, 1.807) is 6.07 Å². The molecule has 1 fully saturated rings. The summed E-state index contributed by atoms with van der Waals surface area (Å²) in [4.78, 5) is 13.3. The van der Waals surface area contributed by atoms with E-state index in [9.17, 15) is 4.79 Å². The van der Waals surface area contributed by atoms with Crippen molar-refractivity contribution in [2.75, 3.05) is 25.0 Å². The number of carbonyl (C=O) groups is 1. The van der Waals surface area contributed by atoms with Gasteiger partial charge in [-0.2, -0.15) is 0 Å². The molecule has 3 N–H and O–H groups in total. The third-order valence-corrected chi connectivity index (χ3v) is 3.59. The van der Waals surface area contributed by atoms with Gasteiger partial charge in [-0.25, -0.2) is 0 Å². The van der Waals surface area contributed by atoms with Crippen LogP contribution >= 0.6 is 15.9 Å². The number of carbonyl (C=O) groups excluding carboxylic acids is 1. The van der Waals surface area contributed by atoms with Crippen molar-refractivity contribution in [3.8, 4) is 0 Å². The SMILES string of the molecule is CN(c1ccc(C(N)=O)c(Br)c1)C1CNC1. The fraction of sp³-hybridized carbons (Fsp3) is 0.364. The van der Waals surface area contributed by atoms with Crippen LogP contribution in [0.5, 0.6) is 0 Å². The van der Waals surface area contributed by atoms with Crippen molar-refractivity contribution in [3.05, 3.63) is 28.2 Å². The van der Waals surface area contributed by atoms with Crippen molar-refractivity contribution < 1.29 is 4.79 Å². The Balaban J connectivity index is 2.22. The molecule has 1 aliphatic rings. The molecule has 0 unspecified atom stereocenters. The molecular formula is C11H14BrN3O. The molecule has 0 aliphatic carbocycles. The smallest absolute Gasteiger partial charge is 0.249 e. The summed E-state index contributed by atoms with van der Waals surface area (Å²) in [5.41, 5.74) is 6.85. The topological polar surface area (TPSA) is 58.4 Å². The van der Waals surface area contributed by atoms with Gasteiger partial charge in [-0.1, -0.05) is 0 Å². The third-order valence-electron chi connectivity index (χ3n) is 2.93. The number of nitrogens with two attached hydrogens (primary N) is 1. The minimum Gasteiger partial charge on any atom is -0.369 e. The van der Waals surface area contributed by atoms with Crippen LogP contribution in [0.1, 0.15) is 10.4 Å². The van der Waals surface area contributed by atoms with E-state index in [-0.39, 0.29) is 0 Å². The normalized spacial score (nSPS) is 15.6. The van der Waals surface area contributed by atoms with Crippen LogP contribution in [0, 0.1) is 0 Å². The molecule has 5 heteroatoms. The molecule has 0 atom stereocenters. The molecule has 0 spiro atoms. The zero-order valence-electron chi connectivity index (χ0n) is 9.03. The van der Waals surface area contributed by atoms with Gasteiger partial charge in [0.05, 0.1) is 11.6 Å². The molecule has 2 rings (SSSR count).